The molecule has 0 saturated carbocycles. The summed E-state index contributed by atoms with van der Waals surface area (Å²) in [5.41, 5.74) is 9.07. The van der Waals surface area contributed by atoms with Crippen LogP contribution in [-0.4, -0.2) is 19.5 Å². The Kier molecular flexibility index (Phi) is 5.86. The van der Waals surface area contributed by atoms with Crippen LogP contribution in [0.15, 0.2) is 167 Å². The van der Waals surface area contributed by atoms with Crippen LogP contribution < -0.4 is 0 Å². The van der Waals surface area contributed by atoms with Crippen molar-refractivity contribution in [2.24, 2.45) is 0 Å². The maximum absolute atomic E-state index is 6.69. The summed E-state index contributed by atoms with van der Waals surface area (Å²) in [6.45, 7) is 0. The van der Waals surface area contributed by atoms with Crippen LogP contribution in [0, 0.1) is 0 Å². The molecule has 4 heterocycles. The van der Waals surface area contributed by atoms with Crippen molar-refractivity contribution < 1.29 is 8.83 Å². The van der Waals surface area contributed by atoms with Crippen molar-refractivity contribution in [2.45, 2.75) is 0 Å². The highest BCUT2D eigenvalue weighted by atomic mass is 16.3. The minimum absolute atomic E-state index is 0.551. The quantitative estimate of drug-likeness (QED) is 0.189. The Balaban J connectivity index is 1.15. The second-order valence-electron chi connectivity index (χ2n) is 12.8. The first-order chi connectivity index (χ1) is 25.3. The monoisotopic (exact) mass is 654 g/mol. The van der Waals surface area contributed by atoms with E-state index < -0.39 is 0 Å². The molecule has 6 heteroatoms. The highest BCUT2D eigenvalue weighted by Crippen LogP contribution is 2.42. The van der Waals surface area contributed by atoms with Crippen LogP contribution in [0.4, 0.5) is 0 Å². The third kappa shape index (κ3) is 4.20. The molecule has 7 aromatic carbocycles. The van der Waals surface area contributed by atoms with E-state index in [1.54, 1.807) is 0 Å². The fourth-order valence-electron chi connectivity index (χ4n) is 7.57. The van der Waals surface area contributed by atoms with Gasteiger partial charge in [-0.1, -0.05) is 115 Å². The Morgan fingerprint density at radius 1 is 0.392 bits per heavy atom. The lowest BCUT2D eigenvalue weighted by molar-refractivity contribution is 0.656. The number of aromatic nitrogens is 4. The Hall–Kier alpha value is -7.05. The summed E-state index contributed by atoms with van der Waals surface area (Å²) in [7, 11) is 0. The summed E-state index contributed by atoms with van der Waals surface area (Å²) in [6.07, 6.45) is 0. The average molecular weight is 655 g/mol. The molecule has 0 N–H and O–H groups in total. The van der Waals surface area contributed by atoms with Gasteiger partial charge in [0.05, 0.1) is 27.7 Å². The molecular weight excluding hydrogens is 629 g/mol. The second kappa shape index (κ2) is 10.7. The second-order valence-corrected chi connectivity index (χ2v) is 12.8. The first kappa shape index (κ1) is 27.9. The van der Waals surface area contributed by atoms with Crippen LogP contribution in [0.25, 0.3) is 106 Å². The SMILES string of the molecule is c1ccc(-c2nc(-c3ccccc3)nc(-c3cccc4c3oc3cc5oc6cccc(-n7c8ccccc8c8ccccc87)c6c5cc34)n2)cc1. The number of hydrogen-bond acceptors (Lipinski definition) is 5. The molecule has 51 heavy (non-hydrogen) atoms. The minimum Gasteiger partial charge on any atom is -0.456 e. The topological polar surface area (TPSA) is 69.9 Å². The van der Waals surface area contributed by atoms with Gasteiger partial charge in [0.2, 0.25) is 0 Å². The van der Waals surface area contributed by atoms with Gasteiger partial charge in [0.25, 0.3) is 0 Å². The number of furan rings is 2. The number of benzene rings is 7. The Morgan fingerprint density at radius 3 is 1.65 bits per heavy atom. The highest BCUT2D eigenvalue weighted by molar-refractivity contribution is 6.19. The van der Waals surface area contributed by atoms with Crippen LogP contribution in [0.1, 0.15) is 0 Å². The molecule has 0 amide bonds. The largest absolute Gasteiger partial charge is 0.456 e. The molecule has 0 unspecified atom stereocenters. The Labute approximate surface area is 290 Å². The van der Waals surface area contributed by atoms with E-state index >= 15 is 0 Å². The van der Waals surface area contributed by atoms with Gasteiger partial charge in [0.1, 0.15) is 22.3 Å². The first-order valence-corrected chi connectivity index (χ1v) is 16.9. The number of fused-ring (bicyclic) bond motifs is 9. The van der Waals surface area contributed by atoms with Gasteiger partial charge in [-0.3, -0.25) is 0 Å². The summed E-state index contributed by atoms with van der Waals surface area (Å²) in [5.74, 6) is 1.76. The van der Waals surface area contributed by atoms with Crippen molar-refractivity contribution in [1.29, 1.82) is 0 Å². The van der Waals surface area contributed by atoms with E-state index in [-0.39, 0.29) is 0 Å². The normalized spacial score (nSPS) is 11.9. The van der Waals surface area contributed by atoms with E-state index in [1.807, 2.05) is 84.9 Å². The van der Waals surface area contributed by atoms with Crippen molar-refractivity contribution in [1.82, 2.24) is 19.5 Å². The van der Waals surface area contributed by atoms with Gasteiger partial charge in [-0.25, -0.2) is 15.0 Å². The molecule has 0 fully saturated rings. The van der Waals surface area contributed by atoms with E-state index in [0.717, 1.165) is 77.3 Å². The van der Waals surface area contributed by atoms with E-state index in [1.165, 1.54) is 10.8 Å². The maximum Gasteiger partial charge on any atom is 0.167 e. The molecule has 11 rings (SSSR count). The van der Waals surface area contributed by atoms with Gasteiger partial charge >= 0.3 is 0 Å². The summed E-state index contributed by atoms with van der Waals surface area (Å²) in [5, 5.41) is 6.51. The van der Waals surface area contributed by atoms with Gasteiger partial charge in [-0.2, -0.15) is 0 Å². The molecule has 4 aromatic heterocycles. The van der Waals surface area contributed by atoms with Crippen LogP contribution >= 0.6 is 0 Å². The molecular formula is C45H26N4O2. The smallest absolute Gasteiger partial charge is 0.167 e. The van der Waals surface area contributed by atoms with Gasteiger partial charge in [0, 0.05) is 44.1 Å². The van der Waals surface area contributed by atoms with Gasteiger partial charge in [-0.05, 0) is 36.4 Å². The number of nitrogens with zero attached hydrogens (tertiary/aromatic N) is 4. The van der Waals surface area contributed by atoms with Crippen molar-refractivity contribution in [3.05, 3.63) is 158 Å². The van der Waals surface area contributed by atoms with E-state index in [9.17, 15) is 0 Å². The fourth-order valence-corrected chi connectivity index (χ4v) is 7.57. The lowest BCUT2D eigenvalue weighted by Gasteiger charge is -2.09. The van der Waals surface area contributed by atoms with E-state index in [0.29, 0.717) is 17.5 Å². The number of hydrogen-bond donors (Lipinski definition) is 0. The Morgan fingerprint density at radius 2 is 0.961 bits per heavy atom. The molecule has 0 aliphatic heterocycles. The number of rotatable bonds is 4. The molecule has 0 aliphatic rings. The highest BCUT2D eigenvalue weighted by Gasteiger charge is 2.21. The minimum atomic E-state index is 0.551. The van der Waals surface area contributed by atoms with Crippen LogP contribution in [0.3, 0.4) is 0 Å². The molecule has 0 bridgehead atoms. The summed E-state index contributed by atoms with van der Waals surface area (Å²) < 4.78 is 15.6. The van der Waals surface area contributed by atoms with Gasteiger partial charge in [-0.15, -0.1) is 0 Å². The summed E-state index contributed by atoms with van der Waals surface area (Å²) in [4.78, 5) is 14.9. The third-order valence-electron chi connectivity index (χ3n) is 9.85. The standard InChI is InChI=1S/C45H26N4O2/c1-3-13-27(14-4-1)43-46-44(28-15-5-2-6-16-28)48-45(47-43)32-20-11-19-31-33-25-34-40(26-39(33)51-42(31)32)50-38-24-12-23-37(41(34)38)49-35-21-9-7-17-29(35)30-18-8-10-22-36(30)49/h1-26H. The van der Waals surface area contributed by atoms with E-state index in [2.05, 4.69) is 77.4 Å². The van der Waals surface area contributed by atoms with Crippen molar-refractivity contribution in [3.63, 3.8) is 0 Å². The van der Waals surface area contributed by atoms with Gasteiger partial charge < -0.3 is 13.4 Å². The summed E-state index contributed by atoms with van der Waals surface area (Å²) >= 11 is 0. The van der Waals surface area contributed by atoms with Crippen LogP contribution in [0.2, 0.25) is 0 Å². The molecule has 6 nitrogen and oxygen atoms in total. The predicted octanol–water partition coefficient (Wildman–Crippen LogP) is 11.8. The lowest BCUT2D eigenvalue weighted by atomic mass is 10.0. The third-order valence-corrected chi connectivity index (χ3v) is 9.85. The zero-order valence-electron chi connectivity index (χ0n) is 27.1. The molecule has 238 valence electrons. The fraction of sp³-hybridized carbons (Fsp3) is 0. The summed E-state index contributed by atoms with van der Waals surface area (Å²) in [6, 6.07) is 53.9. The van der Waals surface area contributed by atoms with Crippen molar-refractivity contribution >= 4 is 65.7 Å². The first-order valence-electron chi connectivity index (χ1n) is 16.9. The molecule has 0 aliphatic carbocycles. The number of para-hydroxylation sites is 3. The molecule has 0 atom stereocenters. The molecule has 11 aromatic rings. The molecule has 0 spiro atoms. The van der Waals surface area contributed by atoms with Crippen molar-refractivity contribution in [2.75, 3.05) is 0 Å². The van der Waals surface area contributed by atoms with Crippen molar-refractivity contribution in [3.8, 4) is 39.9 Å². The Bertz CT molecular complexity index is 3030. The zero-order chi connectivity index (χ0) is 33.5. The maximum atomic E-state index is 6.69. The molecule has 0 saturated heterocycles. The van der Waals surface area contributed by atoms with Gasteiger partial charge in [0.15, 0.2) is 17.5 Å². The lowest BCUT2D eigenvalue weighted by Crippen LogP contribution is -2.00. The van der Waals surface area contributed by atoms with Crippen LogP contribution in [-0.2, 0) is 0 Å². The molecule has 0 radical (unpaired) electrons. The zero-order valence-corrected chi connectivity index (χ0v) is 27.1. The average Bonchev–Trinajstić information content (AvgIpc) is 3.86. The van der Waals surface area contributed by atoms with E-state index in [4.69, 9.17) is 23.8 Å². The predicted molar refractivity (Wildman–Crippen MR) is 205 cm³/mol. The van der Waals surface area contributed by atoms with Crippen LogP contribution in [0.5, 0.6) is 0 Å².